The molecule has 17 heavy (non-hydrogen) atoms. The summed E-state index contributed by atoms with van der Waals surface area (Å²) in [7, 11) is 0. The Bertz CT molecular complexity index is 704. The van der Waals surface area contributed by atoms with Gasteiger partial charge in [-0.05, 0) is 18.9 Å². The van der Waals surface area contributed by atoms with Gasteiger partial charge in [0.25, 0.3) is 0 Å². The molecule has 0 spiro atoms. The molecule has 3 heteroatoms. The van der Waals surface area contributed by atoms with Crippen LogP contribution in [-0.4, -0.2) is 4.68 Å². The van der Waals surface area contributed by atoms with Crippen molar-refractivity contribution < 1.29 is 0 Å². The molecule has 0 bridgehead atoms. The highest BCUT2D eigenvalue weighted by molar-refractivity contribution is 7.26. The average Bonchev–Trinajstić information content (AvgIpc) is 2.76. The number of fused-ring (bicyclic) bond motifs is 3. The van der Waals surface area contributed by atoms with Gasteiger partial charge in [0.2, 0.25) is 0 Å². The summed E-state index contributed by atoms with van der Waals surface area (Å²) in [5, 5.41) is 2.66. The fourth-order valence-corrected chi connectivity index (χ4v) is 3.98. The standard InChI is InChI=1S/C14H16N2S/c1-8(2)13-14-12(9(3)16(13)15)10-6-4-5-7-11(10)17-14/h4-8H,15H2,1-3H3. The molecule has 0 aliphatic carbocycles. The van der Waals surface area contributed by atoms with E-state index < -0.39 is 0 Å². The number of nitrogens with two attached hydrogens (primary N) is 1. The van der Waals surface area contributed by atoms with E-state index in [1.54, 1.807) is 0 Å². The first-order valence-corrected chi connectivity index (χ1v) is 6.70. The molecule has 0 saturated carbocycles. The molecular weight excluding hydrogens is 228 g/mol. The van der Waals surface area contributed by atoms with Crippen molar-refractivity contribution in [1.29, 1.82) is 0 Å². The average molecular weight is 244 g/mol. The molecule has 0 fully saturated rings. The molecule has 0 aliphatic rings. The summed E-state index contributed by atoms with van der Waals surface area (Å²) in [6, 6.07) is 8.56. The van der Waals surface area contributed by atoms with Gasteiger partial charge >= 0.3 is 0 Å². The lowest BCUT2D eigenvalue weighted by atomic mass is 10.1. The van der Waals surface area contributed by atoms with Crippen LogP contribution in [0.1, 0.15) is 31.2 Å². The Balaban J connectivity index is 2.55. The lowest BCUT2D eigenvalue weighted by molar-refractivity contribution is 0.766. The molecule has 3 aromatic rings. The number of hydrogen-bond acceptors (Lipinski definition) is 2. The monoisotopic (exact) mass is 244 g/mol. The van der Waals surface area contributed by atoms with Crippen LogP contribution in [0.25, 0.3) is 20.2 Å². The predicted molar refractivity (Wildman–Crippen MR) is 76.3 cm³/mol. The maximum Gasteiger partial charge on any atom is 0.0599 e. The second-order valence-corrected chi connectivity index (χ2v) is 5.85. The molecule has 2 nitrogen and oxygen atoms in total. The van der Waals surface area contributed by atoms with Crippen LogP contribution in [-0.2, 0) is 0 Å². The van der Waals surface area contributed by atoms with Crippen molar-refractivity contribution in [3.05, 3.63) is 35.7 Å². The van der Waals surface area contributed by atoms with E-state index in [2.05, 4.69) is 45.0 Å². The van der Waals surface area contributed by atoms with Gasteiger partial charge in [-0.25, -0.2) is 0 Å². The topological polar surface area (TPSA) is 30.9 Å². The van der Waals surface area contributed by atoms with Gasteiger partial charge in [0, 0.05) is 21.2 Å². The Labute approximate surface area is 105 Å². The Morgan fingerprint density at radius 1 is 1.24 bits per heavy atom. The normalized spacial score (nSPS) is 12.0. The summed E-state index contributed by atoms with van der Waals surface area (Å²) in [4.78, 5) is 0. The molecule has 2 heterocycles. The van der Waals surface area contributed by atoms with E-state index in [-0.39, 0.29) is 0 Å². The van der Waals surface area contributed by atoms with Crippen molar-refractivity contribution >= 4 is 31.5 Å². The first-order valence-electron chi connectivity index (χ1n) is 5.88. The van der Waals surface area contributed by atoms with Gasteiger partial charge in [0.1, 0.15) is 0 Å². The summed E-state index contributed by atoms with van der Waals surface area (Å²) in [6.07, 6.45) is 0. The van der Waals surface area contributed by atoms with Gasteiger partial charge in [0.15, 0.2) is 0 Å². The molecule has 2 aromatic heterocycles. The number of benzene rings is 1. The Kier molecular flexibility index (Phi) is 2.20. The van der Waals surface area contributed by atoms with E-state index in [0.717, 1.165) is 0 Å². The van der Waals surface area contributed by atoms with Crippen LogP contribution in [0.15, 0.2) is 24.3 Å². The predicted octanol–water partition coefficient (Wildman–Crippen LogP) is 4.00. The zero-order valence-electron chi connectivity index (χ0n) is 10.3. The molecule has 0 atom stereocenters. The van der Waals surface area contributed by atoms with E-state index in [0.29, 0.717) is 5.92 Å². The first-order chi connectivity index (χ1) is 8.11. The van der Waals surface area contributed by atoms with Crippen LogP contribution in [0, 0.1) is 6.92 Å². The number of nitrogens with zero attached hydrogens (tertiary/aromatic N) is 1. The minimum atomic E-state index is 0.448. The number of aryl methyl sites for hydroxylation is 1. The lowest BCUT2D eigenvalue weighted by Crippen LogP contribution is -2.14. The smallest absolute Gasteiger partial charge is 0.0599 e. The van der Waals surface area contributed by atoms with E-state index >= 15 is 0 Å². The summed E-state index contributed by atoms with van der Waals surface area (Å²) >= 11 is 1.85. The molecule has 0 amide bonds. The third-order valence-electron chi connectivity index (χ3n) is 3.36. The van der Waals surface area contributed by atoms with Crippen molar-refractivity contribution in [2.45, 2.75) is 26.7 Å². The van der Waals surface area contributed by atoms with Crippen molar-refractivity contribution in [3.8, 4) is 0 Å². The second-order valence-electron chi connectivity index (χ2n) is 4.80. The third-order valence-corrected chi connectivity index (χ3v) is 4.55. The minimum absolute atomic E-state index is 0.448. The highest BCUT2D eigenvalue weighted by atomic mass is 32.1. The number of rotatable bonds is 1. The van der Waals surface area contributed by atoms with Crippen LogP contribution >= 0.6 is 11.3 Å². The molecule has 0 aliphatic heterocycles. The number of aromatic nitrogens is 1. The molecule has 0 radical (unpaired) electrons. The maximum atomic E-state index is 6.18. The van der Waals surface area contributed by atoms with Gasteiger partial charge in [-0.3, -0.25) is 4.68 Å². The van der Waals surface area contributed by atoms with Crippen molar-refractivity contribution in [1.82, 2.24) is 4.68 Å². The Morgan fingerprint density at radius 3 is 2.65 bits per heavy atom. The lowest BCUT2D eigenvalue weighted by Gasteiger charge is -2.08. The van der Waals surface area contributed by atoms with Gasteiger partial charge in [-0.1, -0.05) is 32.0 Å². The van der Waals surface area contributed by atoms with E-state index in [4.69, 9.17) is 5.84 Å². The molecule has 3 rings (SSSR count). The quantitative estimate of drug-likeness (QED) is 0.644. The van der Waals surface area contributed by atoms with E-state index in [1.807, 2.05) is 16.0 Å². The third kappa shape index (κ3) is 1.32. The SMILES string of the molecule is Cc1c2c(sc3ccccc32)c(C(C)C)n1N. The van der Waals surface area contributed by atoms with Crippen LogP contribution in [0.2, 0.25) is 0 Å². The highest BCUT2D eigenvalue weighted by Crippen LogP contribution is 2.40. The first kappa shape index (κ1) is 10.7. The van der Waals surface area contributed by atoms with Crippen LogP contribution in [0.4, 0.5) is 0 Å². The summed E-state index contributed by atoms with van der Waals surface area (Å²) < 4.78 is 4.56. The molecule has 2 N–H and O–H groups in total. The summed E-state index contributed by atoms with van der Waals surface area (Å²) in [6.45, 7) is 6.50. The minimum Gasteiger partial charge on any atom is -0.339 e. The fraction of sp³-hybridized carbons (Fsp3) is 0.286. The highest BCUT2D eigenvalue weighted by Gasteiger charge is 2.19. The van der Waals surface area contributed by atoms with Gasteiger partial charge in [-0.15, -0.1) is 11.3 Å². The van der Waals surface area contributed by atoms with Crippen LogP contribution < -0.4 is 5.84 Å². The van der Waals surface area contributed by atoms with Gasteiger partial charge in [0.05, 0.1) is 10.4 Å². The molecule has 0 unspecified atom stereocenters. The Hall–Kier alpha value is -1.48. The summed E-state index contributed by atoms with van der Waals surface area (Å²) in [5.74, 6) is 6.62. The molecular formula is C14H16N2S. The Morgan fingerprint density at radius 2 is 1.94 bits per heavy atom. The fourth-order valence-electron chi connectivity index (χ4n) is 2.54. The van der Waals surface area contributed by atoms with Crippen molar-refractivity contribution in [2.24, 2.45) is 0 Å². The summed E-state index contributed by atoms with van der Waals surface area (Å²) in [5.41, 5.74) is 2.42. The van der Waals surface area contributed by atoms with Gasteiger partial charge < -0.3 is 5.84 Å². The molecule has 0 saturated heterocycles. The second kappa shape index (κ2) is 3.50. The largest absolute Gasteiger partial charge is 0.339 e. The van der Waals surface area contributed by atoms with Crippen molar-refractivity contribution in [2.75, 3.05) is 5.84 Å². The van der Waals surface area contributed by atoms with E-state index in [9.17, 15) is 0 Å². The zero-order chi connectivity index (χ0) is 12.2. The number of thiophene rings is 1. The zero-order valence-corrected chi connectivity index (χ0v) is 11.1. The maximum absolute atomic E-state index is 6.18. The molecule has 88 valence electrons. The number of hydrogen-bond donors (Lipinski definition) is 1. The van der Waals surface area contributed by atoms with Crippen LogP contribution in [0.3, 0.4) is 0 Å². The van der Waals surface area contributed by atoms with Crippen molar-refractivity contribution in [3.63, 3.8) is 0 Å². The van der Waals surface area contributed by atoms with Gasteiger partial charge in [-0.2, -0.15) is 0 Å². The molecule has 1 aromatic carbocycles. The van der Waals surface area contributed by atoms with E-state index in [1.165, 1.54) is 31.6 Å². The van der Waals surface area contributed by atoms with Crippen LogP contribution in [0.5, 0.6) is 0 Å². The number of nitrogen functional groups attached to an aromatic ring is 1.